The quantitative estimate of drug-likeness (QED) is 0.652. The van der Waals surface area contributed by atoms with Crippen LogP contribution in [0, 0.1) is 0 Å². The van der Waals surface area contributed by atoms with Gasteiger partial charge in [-0.1, -0.05) is 19.9 Å². The number of benzene rings is 1. The van der Waals surface area contributed by atoms with Crippen LogP contribution < -0.4 is 10.5 Å². The van der Waals surface area contributed by atoms with Gasteiger partial charge in [-0.25, -0.2) is 22.0 Å². The van der Waals surface area contributed by atoms with Crippen molar-refractivity contribution in [3.63, 3.8) is 0 Å². The van der Waals surface area contributed by atoms with Gasteiger partial charge in [0.05, 0.1) is 11.4 Å². The number of amides is 1. The number of rotatable bonds is 8. The van der Waals surface area contributed by atoms with E-state index in [0.717, 1.165) is 11.3 Å². The van der Waals surface area contributed by atoms with E-state index >= 15 is 0 Å². The topological polar surface area (TPSA) is 127 Å². The van der Waals surface area contributed by atoms with E-state index in [9.17, 15) is 21.6 Å². The first-order valence-corrected chi connectivity index (χ1v) is 11.9. The summed E-state index contributed by atoms with van der Waals surface area (Å²) in [7, 11) is -7.44. The zero-order valence-electron chi connectivity index (χ0n) is 14.9. The Morgan fingerprint density at radius 1 is 1.11 bits per heavy atom. The number of hydrogen-bond acceptors (Lipinski definition) is 6. The molecule has 27 heavy (non-hydrogen) atoms. The number of nitrogens with zero attached hydrogens (tertiary/aromatic N) is 1. The summed E-state index contributed by atoms with van der Waals surface area (Å²) in [6, 6.07) is 8.73. The molecule has 0 aliphatic rings. The van der Waals surface area contributed by atoms with E-state index in [0.29, 0.717) is 18.0 Å². The first-order valence-electron chi connectivity index (χ1n) is 8.09. The second kappa shape index (κ2) is 8.48. The molecule has 2 aromatic rings. The lowest BCUT2D eigenvalue weighted by Crippen LogP contribution is -2.31. The van der Waals surface area contributed by atoms with Gasteiger partial charge < -0.3 is 5.32 Å². The molecule has 1 heterocycles. The highest BCUT2D eigenvalue weighted by Crippen LogP contribution is 2.20. The molecule has 0 saturated heterocycles. The van der Waals surface area contributed by atoms with Crippen LogP contribution >= 0.6 is 11.3 Å². The highest BCUT2D eigenvalue weighted by molar-refractivity contribution is 7.91. The maximum Gasteiger partial charge on any atom is 0.251 e. The smallest absolute Gasteiger partial charge is 0.251 e. The van der Waals surface area contributed by atoms with Crippen LogP contribution in [0.4, 0.5) is 0 Å². The van der Waals surface area contributed by atoms with Gasteiger partial charge in [0.1, 0.15) is 4.21 Å². The molecular formula is C16H21N3O5S3. The number of nitrogens with two attached hydrogens (primary N) is 1. The summed E-state index contributed by atoms with van der Waals surface area (Å²) in [6.07, 6.45) is 0. The third-order valence-electron chi connectivity index (χ3n) is 3.78. The fourth-order valence-electron chi connectivity index (χ4n) is 2.39. The zero-order valence-corrected chi connectivity index (χ0v) is 17.3. The van der Waals surface area contributed by atoms with Gasteiger partial charge in [0, 0.05) is 23.5 Å². The van der Waals surface area contributed by atoms with E-state index < -0.39 is 26.0 Å². The Morgan fingerprint density at radius 3 is 2.33 bits per heavy atom. The summed E-state index contributed by atoms with van der Waals surface area (Å²) in [5, 5.41) is 7.70. The maximum absolute atomic E-state index is 12.6. The van der Waals surface area contributed by atoms with Crippen molar-refractivity contribution in [1.82, 2.24) is 9.62 Å². The van der Waals surface area contributed by atoms with Crippen LogP contribution in [0.3, 0.4) is 0 Å². The molecule has 0 bridgehead atoms. The van der Waals surface area contributed by atoms with Crippen LogP contribution in [0.15, 0.2) is 45.5 Å². The Labute approximate surface area is 163 Å². The minimum absolute atomic E-state index is 0.0130. The molecule has 0 aliphatic heterocycles. The highest BCUT2D eigenvalue weighted by atomic mass is 32.2. The zero-order chi connectivity index (χ0) is 20.2. The molecule has 0 radical (unpaired) electrons. The van der Waals surface area contributed by atoms with E-state index in [1.165, 1.54) is 34.6 Å². The fraction of sp³-hybridized carbons (Fsp3) is 0.312. The van der Waals surface area contributed by atoms with Crippen molar-refractivity contribution in [2.24, 2.45) is 5.14 Å². The average Bonchev–Trinajstić information content (AvgIpc) is 3.10. The molecule has 1 aromatic heterocycles. The van der Waals surface area contributed by atoms with E-state index in [2.05, 4.69) is 5.32 Å². The van der Waals surface area contributed by atoms with Crippen LogP contribution in [0.2, 0.25) is 0 Å². The molecule has 2 rings (SSSR count). The Morgan fingerprint density at radius 2 is 1.78 bits per heavy atom. The average molecular weight is 432 g/mol. The van der Waals surface area contributed by atoms with Gasteiger partial charge >= 0.3 is 0 Å². The van der Waals surface area contributed by atoms with Crippen molar-refractivity contribution in [3.8, 4) is 0 Å². The van der Waals surface area contributed by atoms with Crippen LogP contribution in [0.25, 0.3) is 0 Å². The lowest BCUT2D eigenvalue weighted by molar-refractivity contribution is 0.0951. The molecule has 1 amide bonds. The van der Waals surface area contributed by atoms with Crippen molar-refractivity contribution < 1.29 is 21.6 Å². The molecule has 3 N–H and O–H groups in total. The molecule has 0 spiro atoms. The number of hydrogen-bond donors (Lipinski definition) is 2. The number of thiophene rings is 1. The van der Waals surface area contributed by atoms with Crippen molar-refractivity contribution in [2.75, 3.05) is 13.1 Å². The number of nitrogens with one attached hydrogen (secondary N) is 1. The van der Waals surface area contributed by atoms with Crippen molar-refractivity contribution in [3.05, 3.63) is 46.8 Å². The highest BCUT2D eigenvalue weighted by Gasteiger charge is 2.22. The number of carbonyl (C=O) groups is 1. The molecule has 8 nitrogen and oxygen atoms in total. The van der Waals surface area contributed by atoms with Gasteiger partial charge in [0.2, 0.25) is 20.0 Å². The van der Waals surface area contributed by atoms with E-state index in [1.807, 2.05) is 0 Å². The van der Waals surface area contributed by atoms with Crippen LogP contribution in [0.5, 0.6) is 0 Å². The summed E-state index contributed by atoms with van der Waals surface area (Å²) in [6.45, 7) is 4.26. The van der Waals surface area contributed by atoms with E-state index in [4.69, 9.17) is 5.14 Å². The Kier molecular flexibility index (Phi) is 6.76. The first-order chi connectivity index (χ1) is 12.6. The van der Waals surface area contributed by atoms with E-state index in [1.54, 1.807) is 19.9 Å². The molecule has 0 unspecified atom stereocenters. The molecule has 148 valence electrons. The number of primary sulfonamides is 1. The second-order valence-corrected chi connectivity index (χ2v) is 10.5. The molecule has 0 atom stereocenters. The lowest BCUT2D eigenvalue weighted by Gasteiger charge is -2.18. The molecule has 0 saturated carbocycles. The summed E-state index contributed by atoms with van der Waals surface area (Å²) >= 11 is 0.964. The van der Waals surface area contributed by atoms with Gasteiger partial charge in [-0.15, -0.1) is 11.3 Å². The largest absolute Gasteiger partial charge is 0.347 e. The van der Waals surface area contributed by atoms with Crippen LogP contribution in [-0.4, -0.2) is 40.1 Å². The minimum atomic E-state index is -3.77. The standard InChI is InChI=1S/C16H21N3O5S3/c1-3-19(4-2)27(23,24)14-7-5-6-12(10-14)16(20)18-11-13-8-9-15(25-13)26(17,21)22/h5-10H,3-4,11H2,1-2H3,(H,18,20)(H2,17,21,22). The van der Waals surface area contributed by atoms with Gasteiger partial charge in [-0.3, -0.25) is 4.79 Å². The Balaban J connectivity index is 2.15. The van der Waals surface area contributed by atoms with Gasteiger partial charge in [-0.05, 0) is 30.3 Å². The Hall–Kier alpha value is -1.79. The molecule has 0 aliphatic carbocycles. The first kappa shape index (κ1) is 21.5. The predicted molar refractivity (Wildman–Crippen MR) is 103 cm³/mol. The number of carbonyl (C=O) groups excluding carboxylic acids is 1. The predicted octanol–water partition coefficient (Wildman–Crippen LogP) is 1.36. The monoisotopic (exact) mass is 431 g/mol. The Bertz CT molecular complexity index is 1030. The van der Waals surface area contributed by atoms with Gasteiger partial charge in [0.25, 0.3) is 5.91 Å². The third kappa shape index (κ3) is 5.14. The third-order valence-corrected chi connectivity index (χ3v) is 8.35. The van der Waals surface area contributed by atoms with Crippen molar-refractivity contribution in [2.45, 2.75) is 29.5 Å². The molecule has 0 fully saturated rings. The maximum atomic E-state index is 12.6. The summed E-state index contributed by atoms with van der Waals surface area (Å²) < 4.78 is 49.0. The van der Waals surface area contributed by atoms with Crippen LogP contribution in [0.1, 0.15) is 29.1 Å². The lowest BCUT2D eigenvalue weighted by atomic mass is 10.2. The van der Waals surface area contributed by atoms with E-state index in [-0.39, 0.29) is 21.2 Å². The van der Waals surface area contributed by atoms with Gasteiger partial charge in [-0.2, -0.15) is 4.31 Å². The number of sulfonamides is 2. The van der Waals surface area contributed by atoms with Crippen LogP contribution in [-0.2, 0) is 26.6 Å². The summed E-state index contributed by atoms with van der Waals surface area (Å²) in [4.78, 5) is 13.0. The van der Waals surface area contributed by atoms with Crippen molar-refractivity contribution in [1.29, 1.82) is 0 Å². The summed E-state index contributed by atoms with van der Waals surface area (Å²) in [5.74, 6) is -0.461. The minimum Gasteiger partial charge on any atom is -0.347 e. The normalized spacial score (nSPS) is 12.3. The SMILES string of the molecule is CCN(CC)S(=O)(=O)c1cccc(C(=O)NCc2ccc(S(N)(=O)=O)s2)c1. The molecular weight excluding hydrogens is 410 g/mol. The van der Waals surface area contributed by atoms with Gasteiger partial charge in [0.15, 0.2) is 0 Å². The molecule has 11 heteroatoms. The van der Waals surface area contributed by atoms with Crippen molar-refractivity contribution >= 4 is 37.3 Å². The fourth-order valence-corrected chi connectivity index (χ4v) is 5.61. The molecule has 1 aromatic carbocycles. The second-order valence-electron chi connectivity index (χ2n) is 5.57. The summed E-state index contributed by atoms with van der Waals surface area (Å²) in [5.41, 5.74) is 0.200.